The fourth-order valence-corrected chi connectivity index (χ4v) is 4.81. The van der Waals surface area contributed by atoms with Gasteiger partial charge in [-0.1, -0.05) is 32.9 Å². The maximum atomic E-state index is 12.8. The molecule has 27 heavy (non-hydrogen) atoms. The molecule has 5 heteroatoms. The molecule has 0 saturated heterocycles. The lowest BCUT2D eigenvalue weighted by Gasteiger charge is -2.16. The summed E-state index contributed by atoms with van der Waals surface area (Å²) in [5.74, 6) is 2.04. The third-order valence-electron chi connectivity index (χ3n) is 5.40. The Morgan fingerprint density at radius 3 is 2.56 bits per heavy atom. The van der Waals surface area contributed by atoms with Crippen molar-refractivity contribution in [2.24, 2.45) is 5.92 Å². The number of hydrogen-bond acceptors (Lipinski definition) is 3. The van der Waals surface area contributed by atoms with Crippen LogP contribution in [0.2, 0.25) is 0 Å². The molecular weight excluding hydrogens is 358 g/mol. The lowest BCUT2D eigenvalue weighted by Crippen LogP contribution is -2.13. The molecule has 0 bridgehead atoms. The smallest absolute Gasteiger partial charge is 0.261 e. The quantitative estimate of drug-likeness (QED) is 0.649. The first-order valence-corrected chi connectivity index (χ1v) is 11.0. The van der Waals surface area contributed by atoms with Crippen molar-refractivity contribution in [1.82, 2.24) is 0 Å². The highest BCUT2D eigenvalue weighted by Gasteiger charge is 2.22. The van der Waals surface area contributed by atoms with Crippen molar-refractivity contribution in [3.05, 3.63) is 59.4 Å². The minimum absolute atomic E-state index is 0.273. The van der Waals surface area contributed by atoms with Crippen molar-refractivity contribution in [3.63, 3.8) is 0 Å². The predicted molar refractivity (Wildman–Crippen MR) is 109 cm³/mol. The Morgan fingerprint density at radius 2 is 1.85 bits per heavy atom. The molecule has 1 atom stereocenters. The van der Waals surface area contributed by atoms with Crippen LogP contribution in [0.1, 0.15) is 50.0 Å². The van der Waals surface area contributed by atoms with Gasteiger partial charge in [-0.3, -0.25) is 4.72 Å². The van der Waals surface area contributed by atoms with Gasteiger partial charge < -0.3 is 4.42 Å². The van der Waals surface area contributed by atoms with Gasteiger partial charge >= 0.3 is 0 Å². The fraction of sp³-hybridized carbons (Fsp3) is 0.364. The van der Waals surface area contributed by atoms with E-state index in [1.807, 2.05) is 24.3 Å². The number of furan rings is 1. The molecule has 4 rings (SSSR count). The first-order chi connectivity index (χ1) is 12.8. The van der Waals surface area contributed by atoms with E-state index in [0.29, 0.717) is 17.5 Å². The topological polar surface area (TPSA) is 59.3 Å². The molecule has 4 nitrogen and oxygen atoms in total. The number of fused-ring (bicyclic) bond motifs is 3. The maximum Gasteiger partial charge on any atom is 0.261 e. The van der Waals surface area contributed by atoms with Gasteiger partial charge in [0.05, 0.1) is 4.90 Å². The minimum atomic E-state index is -3.62. The monoisotopic (exact) mass is 383 g/mol. The number of sulfonamides is 1. The lowest BCUT2D eigenvalue weighted by atomic mass is 9.88. The van der Waals surface area contributed by atoms with E-state index in [2.05, 4.69) is 25.5 Å². The summed E-state index contributed by atoms with van der Waals surface area (Å²) in [5.41, 5.74) is 3.75. The Kier molecular flexibility index (Phi) is 4.50. The molecule has 142 valence electrons. The van der Waals surface area contributed by atoms with E-state index in [9.17, 15) is 8.42 Å². The molecule has 0 amide bonds. The number of rotatable bonds is 4. The molecule has 0 saturated carbocycles. The van der Waals surface area contributed by atoms with E-state index in [-0.39, 0.29) is 4.90 Å². The van der Waals surface area contributed by atoms with Crippen LogP contribution < -0.4 is 4.72 Å². The first-order valence-electron chi connectivity index (χ1n) is 9.50. The molecule has 1 aromatic heterocycles. The summed E-state index contributed by atoms with van der Waals surface area (Å²) in [4.78, 5) is 0.273. The van der Waals surface area contributed by atoms with Gasteiger partial charge in [0, 0.05) is 23.1 Å². The molecular formula is C22H25NO3S. The molecule has 1 aliphatic rings. The SMILES string of the molecule is CC(C)c1ccc(S(=O)(=O)Nc2ccc3oc4c(c3c2)C[C@@H](C)CC4)cc1. The Bertz CT molecular complexity index is 1080. The van der Waals surface area contributed by atoms with Crippen molar-refractivity contribution in [1.29, 1.82) is 0 Å². The van der Waals surface area contributed by atoms with Crippen molar-refractivity contribution in [2.75, 3.05) is 4.72 Å². The second kappa shape index (κ2) is 6.71. The Labute approximate surface area is 160 Å². The van der Waals surface area contributed by atoms with E-state index in [1.165, 1.54) is 5.56 Å². The molecule has 0 aliphatic heterocycles. The van der Waals surface area contributed by atoms with Crippen molar-refractivity contribution in [3.8, 4) is 0 Å². The van der Waals surface area contributed by atoms with E-state index < -0.39 is 10.0 Å². The number of benzene rings is 2. The van der Waals surface area contributed by atoms with Crippen molar-refractivity contribution in [2.45, 2.75) is 50.8 Å². The summed E-state index contributed by atoms with van der Waals surface area (Å²) in [6.45, 7) is 6.42. The number of anilines is 1. The fourth-order valence-electron chi connectivity index (χ4n) is 3.76. The first kappa shape index (κ1) is 18.1. The van der Waals surface area contributed by atoms with E-state index in [1.54, 1.807) is 18.2 Å². The molecule has 0 radical (unpaired) electrons. The van der Waals surface area contributed by atoms with Crippen LogP contribution in [0, 0.1) is 5.92 Å². The van der Waals surface area contributed by atoms with Gasteiger partial charge in [-0.05, 0) is 60.6 Å². The lowest BCUT2D eigenvalue weighted by molar-refractivity contribution is 0.438. The highest BCUT2D eigenvalue weighted by atomic mass is 32.2. The van der Waals surface area contributed by atoms with E-state index >= 15 is 0 Å². The van der Waals surface area contributed by atoms with Crippen LogP contribution >= 0.6 is 0 Å². The van der Waals surface area contributed by atoms with Gasteiger partial charge in [0.1, 0.15) is 11.3 Å². The largest absolute Gasteiger partial charge is 0.461 e. The zero-order valence-electron chi connectivity index (χ0n) is 16.0. The third kappa shape index (κ3) is 3.48. The summed E-state index contributed by atoms with van der Waals surface area (Å²) in [6.07, 6.45) is 3.07. The Balaban J connectivity index is 1.65. The van der Waals surface area contributed by atoms with Gasteiger partial charge in [0.25, 0.3) is 10.0 Å². The molecule has 1 heterocycles. The van der Waals surface area contributed by atoms with E-state index in [4.69, 9.17) is 4.42 Å². The number of hydrogen-bond donors (Lipinski definition) is 1. The average molecular weight is 384 g/mol. The summed E-state index contributed by atoms with van der Waals surface area (Å²) in [5, 5.41) is 1.02. The normalized spacial score (nSPS) is 17.3. The summed E-state index contributed by atoms with van der Waals surface area (Å²) >= 11 is 0. The van der Waals surface area contributed by atoms with Crippen LogP contribution in [0.3, 0.4) is 0 Å². The van der Waals surface area contributed by atoms with Crippen LogP contribution in [-0.2, 0) is 22.9 Å². The minimum Gasteiger partial charge on any atom is -0.461 e. The van der Waals surface area contributed by atoms with Gasteiger partial charge in [-0.15, -0.1) is 0 Å². The average Bonchev–Trinajstić information content (AvgIpc) is 2.99. The second-order valence-corrected chi connectivity index (χ2v) is 9.57. The molecule has 0 spiro atoms. The zero-order valence-corrected chi connectivity index (χ0v) is 16.8. The third-order valence-corrected chi connectivity index (χ3v) is 6.80. The van der Waals surface area contributed by atoms with Crippen LogP contribution in [0.4, 0.5) is 5.69 Å². The Hall–Kier alpha value is -2.27. The van der Waals surface area contributed by atoms with Crippen molar-refractivity contribution >= 4 is 26.7 Å². The number of aryl methyl sites for hydroxylation is 1. The Morgan fingerprint density at radius 1 is 1.11 bits per heavy atom. The van der Waals surface area contributed by atoms with Crippen LogP contribution in [-0.4, -0.2) is 8.42 Å². The van der Waals surface area contributed by atoms with Crippen LogP contribution in [0.15, 0.2) is 51.8 Å². The molecule has 0 unspecified atom stereocenters. The molecule has 1 aliphatic carbocycles. The highest BCUT2D eigenvalue weighted by Crippen LogP contribution is 2.35. The van der Waals surface area contributed by atoms with E-state index in [0.717, 1.165) is 41.6 Å². The predicted octanol–water partition coefficient (Wildman–Crippen LogP) is 5.48. The van der Waals surface area contributed by atoms with Gasteiger partial charge in [0.15, 0.2) is 0 Å². The van der Waals surface area contributed by atoms with Crippen LogP contribution in [0.25, 0.3) is 11.0 Å². The van der Waals surface area contributed by atoms with Gasteiger partial charge in [0.2, 0.25) is 0 Å². The standard InChI is InChI=1S/C22H25NO3S/c1-14(2)16-5-8-18(9-6-16)27(24,25)23-17-7-11-22-20(13-17)19-12-15(3)4-10-21(19)26-22/h5-9,11,13-15,23H,4,10,12H2,1-3H3/t15-/m0/s1. The summed E-state index contributed by atoms with van der Waals surface area (Å²) in [7, 11) is -3.62. The molecule has 3 aromatic rings. The highest BCUT2D eigenvalue weighted by molar-refractivity contribution is 7.92. The molecule has 1 N–H and O–H groups in total. The zero-order chi connectivity index (χ0) is 19.2. The van der Waals surface area contributed by atoms with Gasteiger partial charge in [-0.25, -0.2) is 8.42 Å². The second-order valence-electron chi connectivity index (χ2n) is 7.89. The number of nitrogens with one attached hydrogen (secondary N) is 1. The molecule has 0 fully saturated rings. The summed E-state index contributed by atoms with van der Waals surface area (Å²) < 4.78 is 34.2. The molecule has 2 aromatic carbocycles. The maximum absolute atomic E-state index is 12.8. The van der Waals surface area contributed by atoms with Crippen molar-refractivity contribution < 1.29 is 12.8 Å². The van der Waals surface area contributed by atoms with Crippen LogP contribution in [0.5, 0.6) is 0 Å². The summed E-state index contributed by atoms with van der Waals surface area (Å²) in [6, 6.07) is 12.6. The van der Waals surface area contributed by atoms with Gasteiger partial charge in [-0.2, -0.15) is 0 Å².